The summed E-state index contributed by atoms with van der Waals surface area (Å²) < 4.78 is 31.4. The van der Waals surface area contributed by atoms with E-state index in [-0.39, 0.29) is 17.7 Å². The fourth-order valence-corrected chi connectivity index (χ4v) is 6.32. The van der Waals surface area contributed by atoms with Gasteiger partial charge in [-0.15, -0.1) is 0 Å². The molecule has 0 unspecified atom stereocenters. The lowest BCUT2D eigenvalue weighted by molar-refractivity contribution is -0.141. The quantitative estimate of drug-likeness (QED) is 0.250. The van der Waals surface area contributed by atoms with E-state index in [0.29, 0.717) is 51.5 Å². The predicted molar refractivity (Wildman–Crippen MR) is 150 cm³/mol. The van der Waals surface area contributed by atoms with Gasteiger partial charge in [0.15, 0.2) is 0 Å². The molecule has 0 radical (unpaired) electrons. The van der Waals surface area contributed by atoms with E-state index in [0.717, 1.165) is 19.3 Å². The van der Waals surface area contributed by atoms with Crippen molar-refractivity contribution in [3.05, 3.63) is 12.2 Å². The SMILES string of the molecule is CN(C(=O)OC(C)(C)C)[C@@H](CCCCC/C=C\[C@@H]1C[C@@H]1C(=O)NS(=O)(=O)C1(C)CC1)C(=O)N1CCC[C@H]1C(N)=O. The summed E-state index contributed by atoms with van der Waals surface area (Å²) >= 11 is 0. The summed E-state index contributed by atoms with van der Waals surface area (Å²) in [5.41, 5.74) is 4.81. The number of amides is 4. The Hall–Kier alpha value is -2.63. The Balaban J connectivity index is 1.45. The summed E-state index contributed by atoms with van der Waals surface area (Å²) in [5, 5.41) is 0. The molecule has 12 heteroatoms. The zero-order valence-corrected chi connectivity index (χ0v) is 25.3. The molecule has 0 spiro atoms. The highest BCUT2D eigenvalue weighted by molar-refractivity contribution is 7.91. The molecule has 3 N–H and O–H groups in total. The number of ether oxygens (including phenoxy) is 1. The second-order valence-corrected chi connectivity index (χ2v) is 14.9. The standard InChI is InChI=1S/C28H46N4O7S/c1-27(2,3)39-26(36)31(5)22(25(35)32-17-11-14-21(32)23(29)33)13-10-8-6-7-9-12-19-18-20(19)24(34)30-40(37,38)28(4)15-16-28/h9,12,19-22H,6-8,10-11,13-18H2,1-5H3,(H2,29,33)(H,30,34)/b12-9-/t19-,20+,21+,22+/m1/s1. The third kappa shape index (κ3) is 8.20. The maximum absolute atomic E-state index is 13.4. The van der Waals surface area contributed by atoms with Crippen molar-refractivity contribution in [1.29, 1.82) is 0 Å². The molecular formula is C28H46N4O7S. The van der Waals surface area contributed by atoms with Gasteiger partial charge in [-0.2, -0.15) is 0 Å². The maximum atomic E-state index is 13.4. The first-order chi connectivity index (χ1) is 18.6. The molecule has 0 aromatic rings. The van der Waals surface area contributed by atoms with Crippen molar-refractivity contribution in [3.8, 4) is 0 Å². The first kappa shape index (κ1) is 31.9. The van der Waals surface area contributed by atoms with Crippen LogP contribution in [0.1, 0.15) is 91.9 Å². The molecule has 3 rings (SSSR count). The lowest BCUT2D eigenvalue weighted by Gasteiger charge is -2.33. The Morgan fingerprint density at radius 1 is 1.18 bits per heavy atom. The molecule has 2 aliphatic carbocycles. The van der Waals surface area contributed by atoms with Crippen molar-refractivity contribution in [2.24, 2.45) is 17.6 Å². The van der Waals surface area contributed by atoms with Gasteiger partial charge < -0.3 is 15.4 Å². The highest BCUT2D eigenvalue weighted by atomic mass is 32.2. The summed E-state index contributed by atoms with van der Waals surface area (Å²) in [6, 6.07) is -1.41. The molecule has 1 aliphatic heterocycles. The van der Waals surface area contributed by atoms with E-state index in [1.165, 1.54) is 9.80 Å². The monoisotopic (exact) mass is 582 g/mol. The largest absolute Gasteiger partial charge is 0.444 e. The summed E-state index contributed by atoms with van der Waals surface area (Å²) in [6.07, 6.45) is 10.0. The summed E-state index contributed by atoms with van der Waals surface area (Å²) in [6.45, 7) is 7.38. The molecule has 226 valence electrons. The first-order valence-corrected chi connectivity index (χ1v) is 15.8. The van der Waals surface area contributed by atoms with Gasteiger partial charge in [-0.3, -0.25) is 24.0 Å². The Bertz CT molecular complexity index is 1110. The maximum Gasteiger partial charge on any atom is 0.410 e. The predicted octanol–water partition coefficient (Wildman–Crippen LogP) is 2.84. The summed E-state index contributed by atoms with van der Waals surface area (Å²) in [5.74, 6) is -1.47. The molecular weight excluding hydrogens is 536 g/mol. The minimum Gasteiger partial charge on any atom is -0.444 e. The molecule has 1 heterocycles. The molecule has 40 heavy (non-hydrogen) atoms. The van der Waals surface area contributed by atoms with Crippen LogP contribution in [0.5, 0.6) is 0 Å². The lowest BCUT2D eigenvalue weighted by Crippen LogP contribution is -2.53. The molecule has 11 nitrogen and oxygen atoms in total. The van der Waals surface area contributed by atoms with Crippen LogP contribution in [0, 0.1) is 11.8 Å². The van der Waals surface area contributed by atoms with E-state index in [1.807, 2.05) is 12.2 Å². The molecule has 4 amide bonds. The number of likely N-dealkylation sites (tertiary alicyclic amines) is 1. The van der Waals surface area contributed by atoms with Gasteiger partial charge in [0.2, 0.25) is 27.7 Å². The van der Waals surface area contributed by atoms with Gasteiger partial charge in [0.05, 0.1) is 4.75 Å². The second-order valence-electron chi connectivity index (χ2n) is 12.7. The first-order valence-electron chi connectivity index (χ1n) is 14.3. The van der Waals surface area contributed by atoms with Crippen molar-refractivity contribution in [1.82, 2.24) is 14.5 Å². The average Bonchev–Trinajstić information content (AvgIpc) is 3.74. The number of primary amides is 1. The van der Waals surface area contributed by atoms with Gasteiger partial charge in [-0.25, -0.2) is 13.2 Å². The Morgan fingerprint density at radius 3 is 2.45 bits per heavy atom. The number of nitrogens with zero attached hydrogens (tertiary/aromatic N) is 2. The number of unbranched alkanes of at least 4 members (excludes halogenated alkanes) is 3. The van der Waals surface area contributed by atoms with E-state index in [4.69, 9.17) is 10.5 Å². The molecule has 0 aromatic carbocycles. The van der Waals surface area contributed by atoms with Crippen molar-refractivity contribution < 1.29 is 32.3 Å². The number of nitrogens with one attached hydrogen (secondary N) is 1. The van der Waals surface area contributed by atoms with Crippen LogP contribution in [0.25, 0.3) is 0 Å². The number of carbonyl (C=O) groups is 4. The van der Waals surface area contributed by atoms with Crippen molar-refractivity contribution in [2.45, 2.75) is 114 Å². The van der Waals surface area contributed by atoms with Gasteiger partial charge in [0, 0.05) is 19.5 Å². The van der Waals surface area contributed by atoms with Gasteiger partial charge in [-0.05, 0) is 85.0 Å². The van der Waals surface area contributed by atoms with Crippen LogP contribution >= 0.6 is 0 Å². The van der Waals surface area contributed by atoms with Crippen LogP contribution in [0.2, 0.25) is 0 Å². The topological polar surface area (TPSA) is 156 Å². The summed E-state index contributed by atoms with van der Waals surface area (Å²) in [7, 11) is -2.05. The van der Waals surface area contributed by atoms with Gasteiger partial charge in [0.1, 0.15) is 17.7 Å². The molecule has 1 saturated heterocycles. The van der Waals surface area contributed by atoms with E-state index in [9.17, 15) is 27.6 Å². The van der Waals surface area contributed by atoms with Crippen molar-refractivity contribution in [2.75, 3.05) is 13.6 Å². The third-order valence-electron chi connectivity index (χ3n) is 8.04. The van der Waals surface area contributed by atoms with Gasteiger partial charge >= 0.3 is 6.09 Å². The van der Waals surface area contributed by atoms with Crippen LogP contribution in [-0.4, -0.2) is 78.1 Å². The van der Waals surface area contributed by atoms with Crippen molar-refractivity contribution in [3.63, 3.8) is 0 Å². The number of likely N-dealkylation sites (N-methyl/N-ethyl adjacent to an activating group) is 1. The number of carbonyl (C=O) groups excluding carboxylic acids is 4. The minimum absolute atomic E-state index is 0.0605. The van der Waals surface area contributed by atoms with E-state index < -0.39 is 50.4 Å². The van der Waals surface area contributed by atoms with Gasteiger partial charge in [-0.1, -0.05) is 25.0 Å². The molecule has 2 saturated carbocycles. The smallest absolute Gasteiger partial charge is 0.410 e. The average molecular weight is 583 g/mol. The zero-order valence-electron chi connectivity index (χ0n) is 24.5. The van der Waals surface area contributed by atoms with E-state index >= 15 is 0 Å². The fourth-order valence-electron chi connectivity index (χ4n) is 5.01. The Morgan fingerprint density at radius 2 is 1.85 bits per heavy atom. The molecule has 4 atom stereocenters. The highest BCUT2D eigenvalue weighted by Gasteiger charge is 2.52. The highest BCUT2D eigenvalue weighted by Crippen LogP contribution is 2.44. The molecule has 0 bridgehead atoms. The number of nitrogens with two attached hydrogens (primary N) is 1. The van der Waals surface area contributed by atoms with Crippen molar-refractivity contribution >= 4 is 33.8 Å². The van der Waals surface area contributed by atoms with Crippen LogP contribution in [0.15, 0.2) is 12.2 Å². The number of hydrogen-bond acceptors (Lipinski definition) is 7. The van der Waals surface area contributed by atoms with Crippen LogP contribution in [0.3, 0.4) is 0 Å². The zero-order chi connectivity index (χ0) is 29.9. The number of allylic oxidation sites excluding steroid dienone is 2. The summed E-state index contributed by atoms with van der Waals surface area (Å²) in [4.78, 5) is 53.2. The van der Waals surface area contributed by atoms with Crippen LogP contribution in [0.4, 0.5) is 4.79 Å². The second kappa shape index (κ2) is 12.5. The van der Waals surface area contributed by atoms with Gasteiger partial charge in [0.25, 0.3) is 0 Å². The number of rotatable bonds is 13. The third-order valence-corrected chi connectivity index (χ3v) is 10.2. The number of hydrogen-bond donors (Lipinski definition) is 2. The molecule has 0 aromatic heterocycles. The van der Waals surface area contributed by atoms with E-state index in [2.05, 4.69) is 4.72 Å². The number of sulfonamides is 1. The van der Waals surface area contributed by atoms with Crippen LogP contribution in [-0.2, 0) is 29.1 Å². The Kier molecular flexibility index (Phi) is 9.95. The fraction of sp³-hybridized carbons (Fsp3) is 0.786. The van der Waals surface area contributed by atoms with Crippen LogP contribution < -0.4 is 10.5 Å². The van der Waals surface area contributed by atoms with E-state index in [1.54, 1.807) is 34.7 Å². The Labute approximate surface area is 238 Å². The molecule has 3 aliphatic rings. The minimum atomic E-state index is -3.60. The lowest BCUT2D eigenvalue weighted by atomic mass is 10.0. The normalized spacial score (nSPS) is 24.4. The molecule has 3 fully saturated rings.